The fraction of sp³-hybridized carbons (Fsp3) is 0.500. The molecule has 0 bridgehead atoms. The Morgan fingerprint density at radius 2 is 2.24 bits per heavy atom. The number of rotatable bonds is 5. The van der Waals surface area contributed by atoms with Gasteiger partial charge in [0.05, 0.1) is 25.0 Å². The van der Waals surface area contributed by atoms with Crippen LogP contribution in [0.4, 0.5) is 4.39 Å². The summed E-state index contributed by atoms with van der Waals surface area (Å²) in [5, 5.41) is 2.70. The standard InChI is InChI=1S/C14H18FNO4S/c1-20-13-3-2-10(6-12(13)15)7-14(17)16-8-11-4-5-21(18,19)9-11/h2-3,6,11H,4-5,7-9H2,1H3,(H,16,17)/t11-/m1/s1. The number of methoxy groups -OCH3 is 1. The Morgan fingerprint density at radius 3 is 2.81 bits per heavy atom. The second-order valence-electron chi connectivity index (χ2n) is 5.22. The van der Waals surface area contributed by atoms with Crippen LogP contribution in [0, 0.1) is 11.7 Å². The van der Waals surface area contributed by atoms with E-state index in [2.05, 4.69) is 5.32 Å². The summed E-state index contributed by atoms with van der Waals surface area (Å²) in [7, 11) is -1.55. The molecule has 0 spiro atoms. The van der Waals surface area contributed by atoms with Gasteiger partial charge in [-0.2, -0.15) is 0 Å². The number of nitrogens with one attached hydrogen (secondary N) is 1. The van der Waals surface area contributed by atoms with E-state index in [4.69, 9.17) is 4.74 Å². The number of sulfone groups is 1. The molecule has 0 unspecified atom stereocenters. The fourth-order valence-electron chi connectivity index (χ4n) is 2.36. The molecule has 0 aliphatic carbocycles. The van der Waals surface area contributed by atoms with Gasteiger partial charge < -0.3 is 10.1 Å². The van der Waals surface area contributed by atoms with Crippen molar-refractivity contribution in [1.82, 2.24) is 5.32 Å². The van der Waals surface area contributed by atoms with Crippen LogP contribution in [0.2, 0.25) is 0 Å². The van der Waals surface area contributed by atoms with E-state index in [-0.39, 0.29) is 35.5 Å². The molecule has 1 saturated heterocycles. The van der Waals surface area contributed by atoms with Gasteiger partial charge in [0.25, 0.3) is 0 Å². The summed E-state index contributed by atoms with van der Waals surface area (Å²) < 4.78 is 40.9. The van der Waals surface area contributed by atoms with Crippen LogP contribution in [0.15, 0.2) is 18.2 Å². The Kier molecular flexibility index (Phi) is 4.82. The van der Waals surface area contributed by atoms with Crippen molar-refractivity contribution in [3.8, 4) is 5.75 Å². The second-order valence-corrected chi connectivity index (χ2v) is 7.45. The van der Waals surface area contributed by atoms with Crippen molar-refractivity contribution < 1.29 is 22.3 Å². The van der Waals surface area contributed by atoms with E-state index < -0.39 is 15.7 Å². The Morgan fingerprint density at radius 1 is 1.48 bits per heavy atom. The molecule has 0 saturated carbocycles. The lowest BCUT2D eigenvalue weighted by atomic mass is 10.1. The third kappa shape index (κ3) is 4.42. The monoisotopic (exact) mass is 315 g/mol. The molecule has 1 aliphatic rings. The van der Waals surface area contributed by atoms with Gasteiger partial charge in [-0.3, -0.25) is 4.79 Å². The first-order valence-corrected chi connectivity index (χ1v) is 8.51. The topological polar surface area (TPSA) is 72.5 Å². The molecule has 1 fully saturated rings. The van der Waals surface area contributed by atoms with Crippen molar-refractivity contribution in [3.63, 3.8) is 0 Å². The van der Waals surface area contributed by atoms with E-state index in [0.717, 1.165) is 0 Å². The minimum atomic E-state index is -2.93. The lowest BCUT2D eigenvalue weighted by Crippen LogP contribution is -2.31. The molecule has 2 rings (SSSR count). The van der Waals surface area contributed by atoms with Crippen molar-refractivity contribution in [2.45, 2.75) is 12.8 Å². The number of hydrogen-bond donors (Lipinski definition) is 1. The van der Waals surface area contributed by atoms with Crippen LogP contribution < -0.4 is 10.1 Å². The van der Waals surface area contributed by atoms with Crippen molar-refractivity contribution in [3.05, 3.63) is 29.6 Å². The molecule has 0 radical (unpaired) electrons. The van der Waals surface area contributed by atoms with Crippen LogP contribution in [0.1, 0.15) is 12.0 Å². The highest BCUT2D eigenvalue weighted by Crippen LogP contribution is 2.19. The highest BCUT2D eigenvalue weighted by molar-refractivity contribution is 7.91. The number of ether oxygens (including phenoxy) is 1. The van der Waals surface area contributed by atoms with Crippen LogP contribution in [0.25, 0.3) is 0 Å². The maximum atomic E-state index is 13.5. The molecule has 7 heteroatoms. The van der Waals surface area contributed by atoms with Crippen LogP contribution in [-0.4, -0.2) is 39.5 Å². The summed E-state index contributed by atoms with van der Waals surface area (Å²) in [5.74, 6) is -0.322. The van der Waals surface area contributed by atoms with Gasteiger partial charge in [-0.05, 0) is 30.0 Å². The third-order valence-corrected chi connectivity index (χ3v) is 5.33. The summed E-state index contributed by atoms with van der Waals surface area (Å²) in [6, 6.07) is 4.36. The molecule has 1 aliphatic heterocycles. The largest absolute Gasteiger partial charge is 0.494 e. The Bertz CT molecular complexity index is 630. The molecular weight excluding hydrogens is 297 g/mol. The molecular formula is C14H18FNO4S. The summed E-state index contributed by atoms with van der Waals surface area (Å²) in [6.07, 6.45) is 0.639. The second kappa shape index (κ2) is 6.43. The Hall–Kier alpha value is -1.63. The fourth-order valence-corrected chi connectivity index (χ4v) is 4.22. The maximum Gasteiger partial charge on any atom is 0.224 e. The van der Waals surface area contributed by atoms with Crippen molar-refractivity contribution in [1.29, 1.82) is 0 Å². The summed E-state index contributed by atoms with van der Waals surface area (Å²) >= 11 is 0. The first kappa shape index (κ1) is 15.8. The summed E-state index contributed by atoms with van der Waals surface area (Å²) in [5.41, 5.74) is 0.546. The third-order valence-electron chi connectivity index (χ3n) is 3.50. The van der Waals surface area contributed by atoms with Crippen molar-refractivity contribution in [2.75, 3.05) is 25.2 Å². The van der Waals surface area contributed by atoms with Gasteiger partial charge in [0.15, 0.2) is 21.4 Å². The molecule has 1 heterocycles. The number of halogens is 1. The maximum absolute atomic E-state index is 13.5. The number of carbonyl (C=O) groups is 1. The predicted octanol–water partition coefficient (Wildman–Crippen LogP) is 0.928. The molecule has 1 aromatic carbocycles. The average Bonchev–Trinajstić information content (AvgIpc) is 2.76. The molecule has 1 aromatic rings. The highest BCUT2D eigenvalue weighted by atomic mass is 32.2. The van der Waals surface area contributed by atoms with E-state index in [1.807, 2.05) is 0 Å². The quantitative estimate of drug-likeness (QED) is 0.877. The summed E-state index contributed by atoms with van der Waals surface area (Å²) in [6.45, 7) is 0.344. The molecule has 1 N–H and O–H groups in total. The number of benzene rings is 1. The van der Waals surface area contributed by atoms with Gasteiger partial charge in [0.1, 0.15) is 0 Å². The van der Waals surface area contributed by atoms with Gasteiger partial charge in [-0.15, -0.1) is 0 Å². The predicted molar refractivity (Wildman–Crippen MR) is 76.4 cm³/mol. The zero-order valence-electron chi connectivity index (χ0n) is 11.8. The smallest absolute Gasteiger partial charge is 0.224 e. The zero-order valence-corrected chi connectivity index (χ0v) is 12.6. The minimum absolute atomic E-state index is 0.0217. The first-order valence-electron chi connectivity index (χ1n) is 6.69. The minimum Gasteiger partial charge on any atom is -0.494 e. The van der Waals surface area contributed by atoms with E-state index in [0.29, 0.717) is 18.5 Å². The molecule has 1 atom stereocenters. The van der Waals surface area contributed by atoms with Gasteiger partial charge >= 0.3 is 0 Å². The van der Waals surface area contributed by atoms with Gasteiger partial charge in [0.2, 0.25) is 5.91 Å². The zero-order chi connectivity index (χ0) is 15.5. The highest BCUT2D eigenvalue weighted by Gasteiger charge is 2.27. The van der Waals surface area contributed by atoms with Crippen molar-refractivity contribution >= 4 is 15.7 Å². The molecule has 116 valence electrons. The number of hydrogen-bond acceptors (Lipinski definition) is 4. The van der Waals surface area contributed by atoms with E-state index in [1.165, 1.54) is 19.2 Å². The average molecular weight is 315 g/mol. The van der Waals surface area contributed by atoms with Crippen LogP contribution in [-0.2, 0) is 21.1 Å². The van der Waals surface area contributed by atoms with Crippen LogP contribution in [0.5, 0.6) is 5.75 Å². The van der Waals surface area contributed by atoms with Gasteiger partial charge in [-0.1, -0.05) is 6.07 Å². The Labute approximate surface area is 123 Å². The molecule has 1 amide bonds. The van der Waals surface area contributed by atoms with Gasteiger partial charge in [-0.25, -0.2) is 12.8 Å². The first-order chi connectivity index (χ1) is 9.89. The molecule has 0 aromatic heterocycles. The van der Waals surface area contributed by atoms with E-state index >= 15 is 0 Å². The number of amides is 1. The lowest BCUT2D eigenvalue weighted by molar-refractivity contribution is -0.120. The van der Waals surface area contributed by atoms with E-state index in [1.54, 1.807) is 6.07 Å². The lowest BCUT2D eigenvalue weighted by Gasteiger charge is -2.10. The normalized spacial score (nSPS) is 20.2. The summed E-state index contributed by atoms with van der Waals surface area (Å²) in [4.78, 5) is 11.8. The van der Waals surface area contributed by atoms with E-state index in [9.17, 15) is 17.6 Å². The Balaban J connectivity index is 1.83. The van der Waals surface area contributed by atoms with Gasteiger partial charge in [0, 0.05) is 6.54 Å². The number of carbonyl (C=O) groups excluding carboxylic acids is 1. The van der Waals surface area contributed by atoms with Crippen molar-refractivity contribution in [2.24, 2.45) is 5.92 Å². The molecule has 5 nitrogen and oxygen atoms in total. The van der Waals surface area contributed by atoms with Crippen LogP contribution >= 0.6 is 0 Å². The van der Waals surface area contributed by atoms with Crippen LogP contribution in [0.3, 0.4) is 0 Å². The SMILES string of the molecule is COc1ccc(CC(=O)NC[C@H]2CCS(=O)(=O)C2)cc1F. The molecule has 21 heavy (non-hydrogen) atoms.